The van der Waals surface area contributed by atoms with Gasteiger partial charge in [-0.15, -0.1) is 0 Å². The molecule has 3 aliphatic rings. The van der Waals surface area contributed by atoms with E-state index in [4.69, 9.17) is 0 Å². The van der Waals surface area contributed by atoms with Crippen LogP contribution in [0.2, 0.25) is 0 Å². The highest BCUT2D eigenvalue weighted by molar-refractivity contribution is 5.29. The number of benzene rings is 1. The van der Waals surface area contributed by atoms with E-state index >= 15 is 0 Å². The molecule has 0 bridgehead atoms. The third kappa shape index (κ3) is 2.43. The molecule has 4 rings (SSSR count). The minimum Gasteiger partial charge on any atom is -0.316 e. The molecule has 0 aromatic heterocycles. The molecular formula is C19H28N2. The summed E-state index contributed by atoms with van der Waals surface area (Å²) in [6.07, 6.45) is 5.62. The van der Waals surface area contributed by atoms with Gasteiger partial charge in [0, 0.05) is 31.1 Å². The van der Waals surface area contributed by atoms with Gasteiger partial charge in [-0.05, 0) is 57.1 Å². The smallest absolute Gasteiger partial charge is 0.00994 e. The predicted molar refractivity (Wildman–Crippen MR) is 87.6 cm³/mol. The summed E-state index contributed by atoms with van der Waals surface area (Å²) in [6, 6.07) is 10.9. The molecule has 3 unspecified atom stereocenters. The highest BCUT2D eigenvalue weighted by atomic mass is 15.2. The summed E-state index contributed by atoms with van der Waals surface area (Å²) in [5, 5.41) is 3.66. The third-order valence-electron chi connectivity index (χ3n) is 6.11. The summed E-state index contributed by atoms with van der Waals surface area (Å²) in [4.78, 5) is 2.83. The van der Waals surface area contributed by atoms with Gasteiger partial charge in [-0.3, -0.25) is 4.90 Å². The van der Waals surface area contributed by atoms with E-state index in [0.29, 0.717) is 11.3 Å². The maximum absolute atomic E-state index is 3.66. The average molecular weight is 284 g/mol. The molecule has 2 heterocycles. The standard InChI is InChI=1S/C19H28N2/c1-14-4-3-5-16(10-14)18-12-20-9-8-19(18)11-15(2)21(13-19)17-6-7-17/h3-5,10,15,17-18,20H,6-9,11-13H2,1-2H3. The SMILES string of the molecule is Cc1cccc(C2CNCCC23CC(C)N(C2CC2)C3)c1. The summed E-state index contributed by atoms with van der Waals surface area (Å²) in [7, 11) is 0. The third-order valence-corrected chi connectivity index (χ3v) is 6.11. The molecule has 1 aliphatic carbocycles. The fourth-order valence-corrected chi connectivity index (χ4v) is 4.95. The molecule has 1 saturated carbocycles. The topological polar surface area (TPSA) is 15.3 Å². The van der Waals surface area contributed by atoms with E-state index in [2.05, 4.69) is 48.3 Å². The molecule has 114 valence electrons. The maximum atomic E-state index is 3.66. The lowest BCUT2D eigenvalue weighted by molar-refractivity contribution is 0.159. The Bertz CT molecular complexity index is 522. The normalized spacial score (nSPS) is 37.2. The van der Waals surface area contributed by atoms with Crippen LogP contribution in [0, 0.1) is 12.3 Å². The lowest BCUT2D eigenvalue weighted by atomic mass is 9.66. The van der Waals surface area contributed by atoms with Crippen molar-refractivity contribution in [2.45, 2.75) is 57.5 Å². The molecule has 2 aliphatic heterocycles. The first-order valence-corrected chi connectivity index (χ1v) is 8.71. The predicted octanol–water partition coefficient (Wildman–Crippen LogP) is 3.31. The van der Waals surface area contributed by atoms with Crippen molar-refractivity contribution in [1.82, 2.24) is 10.2 Å². The molecule has 0 amide bonds. The summed E-state index contributed by atoms with van der Waals surface area (Å²) in [5.74, 6) is 0.692. The van der Waals surface area contributed by atoms with Crippen molar-refractivity contribution >= 4 is 0 Å². The van der Waals surface area contributed by atoms with Crippen molar-refractivity contribution in [2.75, 3.05) is 19.6 Å². The van der Waals surface area contributed by atoms with Gasteiger partial charge < -0.3 is 5.32 Å². The molecule has 2 heteroatoms. The van der Waals surface area contributed by atoms with Crippen molar-refractivity contribution in [3.8, 4) is 0 Å². The number of piperidine rings is 1. The Morgan fingerprint density at radius 1 is 1.29 bits per heavy atom. The lowest BCUT2D eigenvalue weighted by Gasteiger charge is -2.42. The van der Waals surface area contributed by atoms with Crippen LogP contribution in [0.1, 0.15) is 49.7 Å². The van der Waals surface area contributed by atoms with E-state index in [0.717, 1.165) is 18.6 Å². The van der Waals surface area contributed by atoms with Crippen LogP contribution in [0.3, 0.4) is 0 Å². The highest BCUT2D eigenvalue weighted by Gasteiger charge is 2.51. The van der Waals surface area contributed by atoms with E-state index in [9.17, 15) is 0 Å². The van der Waals surface area contributed by atoms with Crippen molar-refractivity contribution in [3.63, 3.8) is 0 Å². The quantitative estimate of drug-likeness (QED) is 0.896. The summed E-state index contributed by atoms with van der Waals surface area (Å²) < 4.78 is 0. The molecule has 3 fully saturated rings. The second-order valence-electron chi connectivity index (χ2n) is 7.74. The molecule has 1 spiro atoms. The van der Waals surface area contributed by atoms with Crippen LogP contribution in [0.15, 0.2) is 24.3 Å². The van der Waals surface area contributed by atoms with Gasteiger partial charge in [0.25, 0.3) is 0 Å². The van der Waals surface area contributed by atoms with Crippen LogP contribution in [0.25, 0.3) is 0 Å². The van der Waals surface area contributed by atoms with E-state index < -0.39 is 0 Å². The van der Waals surface area contributed by atoms with Gasteiger partial charge >= 0.3 is 0 Å². The van der Waals surface area contributed by atoms with Crippen LogP contribution in [0.5, 0.6) is 0 Å². The second kappa shape index (κ2) is 5.10. The Balaban J connectivity index is 1.65. The number of hydrogen-bond acceptors (Lipinski definition) is 2. The van der Waals surface area contributed by atoms with Gasteiger partial charge in [-0.2, -0.15) is 0 Å². The average Bonchev–Trinajstić information content (AvgIpc) is 3.25. The Morgan fingerprint density at radius 2 is 2.14 bits per heavy atom. The molecule has 2 saturated heterocycles. The first kappa shape index (κ1) is 13.8. The van der Waals surface area contributed by atoms with Crippen molar-refractivity contribution in [2.24, 2.45) is 5.41 Å². The van der Waals surface area contributed by atoms with Gasteiger partial charge in [0.1, 0.15) is 0 Å². The lowest BCUT2D eigenvalue weighted by Crippen LogP contribution is -2.45. The fraction of sp³-hybridized carbons (Fsp3) is 0.684. The first-order chi connectivity index (χ1) is 10.2. The van der Waals surface area contributed by atoms with Gasteiger partial charge in [-0.1, -0.05) is 29.8 Å². The number of aryl methyl sites for hydroxylation is 1. The van der Waals surface area contributed by atoms with Crippen molar-refractivity contribution in [3.05, 3.63) is 35.4 Å². The van der Waals surface area contributed by atoms with Crippen molar-refractivity contribution in [1.29, 1.82) is 0 Å². The van der Waals surface area contributed by atoms with Crippen LogP contribution in [-0.4, -0.2) is 36.6 Å². The zero-order valence-corrected chi connectivity index (χ0v) is 13.4. The van der Waals surface area contributed by atoms with E-state index in [-0.39, 0.29) is 0 Å². The Hall–Kier alpha value is -0.860. The number of hydrogen-bond donors (Lipinski definition) is 1. The maximum Gasteiger partial charge on any atom is 0.00994 e. The monoisotopic (exact) mass is 284 g/mol. The Kier molecular flexibility index (Phi) is 3.35. The molecule has 2 nitrogen and oxygen atoms in total. The first-order valence-electron chi connectivity index (χ1n) is 8.71. The minimum atomic E-state index is 0.515. The van der Waals surface area contributed by atoms with Gasteiger partial charge in [0.05, 0.1) is 0 Å². The summed E-state index contributed by atoms with van der Waals surface area (Å²) in [6.45, 7) is 8.38. The van der Waals surface area contributed by atoms with Crippen LogP contribution in [0.4, 0.5) is 0 Å². The summed E-state index contributed by atoms with van der Waals surface area (Å²) in [5.41, 5.74) is 3.48. The highest BCUT2D eigenvalue weighted by Crippen LogP contribution is 2.52. The number of nitrogens with zero attached hydrogens (tertiary/aromatic N) is 1. The van der Waals surface area contributed by atoms with E-state index in [1.165, 1.54) is 44.3 Å². The zero-order chi connectivity index (χ0) is 14.4. The molecule has 1 aromatic carbocycles. The number of rotatable bonds is 2. The Morgan fingerprint density at radius 3 is 2.90 bits per heavy atom. The van der Waals surface area contributed by atoms with Gasteiger partial charge in [-0.25, -0.2) is 0 Å². The van der Waals surface area contributed by atoms with E-state index in [1.54, 1.807) is 5.56 Å². The molecule has 3 atom stereocenters. The van der Waals surface area contributed by atoms with Crippen LogP contribution < -0.4 is 5.32 Å². The molecule has 21 heavy (non-hydrogen) atoms. The van der Waals surface area contributed by atoms with E-state index in [1.807, 2.05) is 0 Å². The molecule has 1 N–H and O–H groups in total. The molecule has 1 aromatic rings. The molecular weight excluding hydrogens is 256 g/mol. The number of likely N-dealkylation sites (tertiary alicyclic amines) is 1. The minimum absolute atomic E-state index is 0.515. The van der Waals surface area contributed by atoms with Crippen LogP contribution >= 0.6 is 0 Å². The summed E-state index contributed by atoms with van der Waals surface area (Å²) >= 11 is 0. The Labute approximate surface area is 128 Å². The fourth-order valence-electron chi connectivity index (χ4n) is 4.95. The zero-order valence-electron chi connectivity index (χ0n) is 13.4. The van der Waals surface area contributed by atoms with Crippen LogP contribution in [-0.2, 0) is 0 Å². The second-order valence-corrected chi connectivity index (χ2v) is 7.74. The van der Waals surface area contributed by atoms with Gasteiger partial charge in [0.15, 0.2) is 0 Å². The van der Waals surface area contributed by atoms with Crippen molar-refractivity contribution < 1.29 is 0 Å². The van der Waals surface area contributed by atoms with Gasteiger partial charge in [0.2, 0.25) is 0 Å². The number of nitrogens with one attached hydrogen (secondary N) is 1. The largest absolute Gasteiger partial charge is 0.316 e. The molecule has 0 radical (unpaired) electrons.